The molecule has 0 rings (SSSR count). The zero-order valence-electron chi connectivity index (χ0n) is 7.92. The van der Waals surface area contributed by atoms with Crippen molar-refractivity contribution in [2.24, 2.45) is 0 Å². The summed E-state index contributed by atoms with van der Waals surface area (Å²) in [5.41, 5.74) is 0. The number of amides is 1. The van der Waals surface area contributed by atoms with Gasteiger partial charge in [-0.3, -0.25) is 5.32 Å². The van der Waals surface area contributed by atoms with Crippen molar-refractivity contribution in [3.05, 3.63) is 0 Å². The molecule has 5 nitrogen and oxygen atoms in total. The minimum Gasteiger partial charge on any atom is -0.453 e. The first-order valence-electron chi connectivity index (χ1n) is 3.74. The standard InChI is InChI=1S/C7H14N2O3S/c1-5(4-11-2)8-6(13)9-7(10)12-3/h5H,4H2,1-3H3,(H2,8,9,10,13). The van der Waals surface area contributed by atoms with Crippen LogP contribution in [0.15, 0.2) is 0 Å². The molecule has 0 aromatic carbocycles. The van der Waals surface area contributed by atoms with Crippen LogP contribution in [0.5, 0.6) is 0 Å². The second-order valence-corrected chi connectivity index (χ2v) is 2.85. The highest BCUT2D eigenvalue weighted by atomic mass is 32.1. The Labute approximate surface area is 82.8 Å². The second-order valence-electron chi connectivity index (χ2n) is 2.45. The summed E-state index contributed by atoms with van der Waals surface area (Å²) in [6, 6.07) is 0.0506. The van der Waals surface area contributed by atoms with E-state index >= 15 is 0 Å². The molecule has 0 aliphatic heterocycles. The molecule has 1 unspecified atom stereocenters. The summed E-state index contributed by atoms with van der Waals surface area (Å²) in [6.45, 7) is 2.40. The Balaban J connectivity index is 3.67. The van der Waals surface area contributed by atoms with Crippen LogP contribution in [0, 0.1) is 0 Å². The smallest absolute Gasteiger partial charge is 0.413 e. The molecular weight excluding hydrogens is 192 g/mol. The van der Waals surface area contributed by atoms with Crippen molar-refractivity contribution in [3.8, 4) is 0 Å². The van der Waals surface area contributed by atoms with Crippen LogP contribution in [-0.4, -0.2) is 38.1 Å². The zero-order chi connectivity index (χ0) is 10.3. The number of rotatable bonds is 3. The highest BCUT2D eigenvalue weighted by Gasteiger charge is 2.06. The molecule has 0 aliphatic carbocycles. The second kappa shape index (κ2) is 6.62. The van der Waals surface area contributed by atoms with Gasteiger partial charge in [0.1, 0.15) is 0 Å². The zero-order valence-corrected chi connectivity index (χ0v) is 8.73. The predicted molar refractivity (Wildman–Crippen MR) is 52.6 cm³/mol. The van der Waals surface area contributed by atoms with E-state index in [0.29, 0.717) is 6.61 Å². The monoisotopic (exact) mass is 206 g/mol. The SMILES string of the molecule is COCC(C)NC(=S)NC(=O)OC. The molecule has 0 aromatic rings. The van der Waals surface area contributed by atoms with E-state index in [1.165, 1.54) is 7.11 Å². The fourth-order valence-corrected chi connectivity index (χ4v) is 0.980. The average Bonchev–Trinajstić information content (AvgIpc) is 2.04. The fraction of sp³-hybridized carbons (Fsp3) is 0.714. The number of carbonyl (C=O) groups is 1. The van der Waals surface area contributed by atoms with Crippen molar-refractivity contribution in [3.63, 3.8) is 0 Å². The van der Waals surface area contributed by atoms with Gasteiger partial charge in [-0.25, -0.2) is 4.79 Å². The molecule has 6 heteroatoms. The number of ether oxygens (including phenoxy) is 2. The normalized spacial score (nSPS) is 11.6. The van der Waals surface area contributed by atoms with Crippen LogP contribution in [0.2, 0.25) is 0 Å². The number of methoxy groups -OCH3 is 2. The van der Waals surface area contributed by atoms with Gasteiger partial charge in [0.05, 0.1) is 13.7 Å². The summed E-state index contributed by atoms with van der Waals surface area (Å²) >= 11 is 4.81. The molecular formula is C7H14N2O3S. The fourth-order valence-electron chi connectivity index (χ4n) is 0.695. The van der Waals surface area contributed by atoms with E-state index in [0.717, 1.165) is 0 Å². The van der Waals surface area contributed by atoms with Gasteiger partial charge in [0.15, 0.2) is 5.11 Å². The number of thiocarbonyl (C=S) groups is 1. The molecule has 0 fully saturated rings. The van der Waals surface area contributed by atoms with Crippen LogP contribution < -0.4 is 10.6 Å². The van der Waals surface area contributed by atoms with Gasteiger partial charge in [-0.05, 0) is 19.1 Å². The molecule has 76 valence electrons. The first-order chi connectivity index (χ1) is 6.10. The molecule has 0 heterocycles. The Morgan fingerprint density at radius 1 is 1.54 bits per heavy atom. The van der Waals surface area contributed by atoms with Gasteiger partial charge >= 0.3 is 6.09 Å². The van der Waals surface area contributed by atoms with Crippen LogP contribution in [0.3, 0.4) is 0 Å². The van der Waals surface area contributed by atoms with Crippen LogP contribution >= 0.6 is 12.2 Å². The Morgan fingerprint density at radius 3 is 2.62 bits per heavy atom. The van der Waals surface area contributed by atoms with Crippen molar-refractivity contribution in [1.82, 2.24) is 10.6 Å². The number of carbonyl (C=O) groups excluding carboxylic acids is 1. The van der Waals surface area contributed by atoms with Crippen LogP contribution in [-0.2, 0) is 9.47 Å². The Hall–Kier alpha value is -0.880. The largest absolute Gasteiger partial charge is 0.453 e. The van der Waals surface area contributed by atoms with Crippen molar-refractivity contribution in [1.29, 1.82) is 0 Å². The van der Waals surface area contributed by atoms with Crippen molar-refractivity contribution < 1.29 is 14.3 Å². The average molecular weight is 206 g/mol. The molecule has 0 saturated carbocycles. The van der Waals surface area contributed by atoms with Crippen molar-refractivity contribution in [2.45, 2.75) is 13.0 Å². The van der Waals surface area contributed by atoms with E-state index in [1.807, 2.05) is 6.92 Å². The molecule has 0 aliphatic rings. The van der Waals surface area contributed by atoms with Crippen LogP contribution in [0.1, 0.15) is 6.92 Å². The summed E-state index contributed by atoms with van der Waals surface area (Å²) in [5.74, 6) is 0. The quantitative estimate of drug-likeness (QED) is 0.648. The van der Waals surface area contributed by atoms with Gasteiger partial charge in [0, 0.05) is 13.2 Å². The molecule has 0 aromatic heterocycles. The molecule has 1 atom stereocenters. The Kier molecular flexibility index (Phi) is 6.17. The Morgan fingerprint density at radius 2 is 2.15 bits per heavy atom. The van der Waals surface area contributed by atoms with E-state index in [4.69, 9.17) is 17.0 Å². The summed E-state index contributed by atoms with van der Waals surface area (Å²) in [5, 5.41) is 5.40. The van der Waals surface area contributed by atoms with E-state index in [9.17, 15) is 4.79 Å². The van der Waals surface area contributed by atoms with Gasteiger partial charge in [-0.1, -0.05) is 0 Å². The van der Waals surface area contributed by atoms with Crippen LogP contribution in [0.4, 0.5) is 4.79 Å². The third kappa shape index (κ3) is 6.30. The third-order valence-corrected chi connectivity index (χ3v) is 1.42. The maximum absolute atomic E-state index is 10.7. The van der Waals surface area contributed by atoms with Gasteiger partial charge in [-0.15, -0.1) is 0 Å². The molecule has 13 heavy (non-hydrogen) atoms. The molecule has 2 N–H and O–H groups in total. The number of hydrogen-bond donors (Lipinski definition) is 2. The molecule has 1 amide bonds. The predicted octanol–water partition coefficient (Wildman–Crippen LogP) is 0.252. The van der Waals surface area contributed by atoms with Crippen molar-refractivity contribution >= 4 is 23.4 Å². The van der Waals surface area contributed by atoms with E-state index in [-0.39, 0.29) is 11.2 Å². The molecule has 0 spiro atoms. The summed E-state index contributed by atoms with van der Waals surface area (Å²) < 4.78 is 9.22. The number of hydrogen-bond acceptors (Lipinski definition) is 4. The van der Waals surface area contributed by atoms with Crippen LogP contribution in [0.25, 0.3) is 0 Å². The number of nitrogens with one attached hydrogen (secondary N) is 2. The third-order valence-electron chi connectivity index (χ3n) is 1.20. The Bertz CT molecular complexity index is 187. The molecule has 0 radical (unpaired) electrons. The lowest BCUT2D eigenvalue weighted by Crippen LogP contribution is -2.44. The minimum atomic E-state index is -0.581. The highest BCUT2D eigenvalue weighted by Crippen LogP contribution is 1.82. The van der Waals surface area contributed by atoms with E-state index < -0.39 is 6.09 Å². The van der Waals surface area contributed by atoms with E-state index in [2.05, 4.69) is 15.4 Å². The van der Waals surface area contributed by atoms with Gasteiger partial charge < -0.3 is 14.8 Å². The van der Waals surface area contributed by atoms with Gasteiger partial charge in [0.25, 0.3) is 0 Å². The maximum atomic E-state index is 10.7. The lowest BCUT2D eigenvalue weighted by molar-refractivity contribution is 0.173. The minimum absolute atomic E-state index is 0.0506. The topological polar surface area (TPSA) is 59.6 Å². The number of alkyl carbamates (subject to hydrolysis) is 1. The first-order valence-corrected chi connectivity index (χ1v) is 4.15. The summed E-state index contributed by atoms with van der Waals surface area (Å²) in [7, 11) is 2.87. The van der Waals surface area contributed by atoms with E-state index in [1.54, 1.807) is 7.11 Å². The first kappa shape index (κ1) is 12.1. The lowest BCUT2D eigenvalue weighted by atomic mass is 10.4. The lowest BCUT2D eigenvalue weighted by Gasteiger charge is -2.14. The van der Waals surface area contributed by atoms with Gasteiger partial charge in [-0.2, -0.15) is 0 Å². The highest BCUT2D eigenvalue weighted by molar-refractivity contribution is 7.80. The summed E-state index contributed by atoms with van der Waals surface area (Å²) in [4.78, 5) is 10.7. The maximum Gasteiger partial charge on any atom is 0.413 e. The van der Waals surface area contributed by atoms with Crippen molar-refractivity contribution in [2.75, 3.05) is 20.8 Å². The van der Waals surface area contributed by atoms with Gasteiger partial charge in [0.2, 0.25) is 0 Å². The summed E-state index contributed by atoms with van der Waals surface area (Å²) in [6.07, 6.45) is -0.581. The molecule has 0 saturated heterocycles. The molecule has 0 bridgehead atoms.